The SMILES string of the molecule is CCc1nn2c(=O)cc(COC(=O)CCc3ccccc3OC)nc2s1. The third-order valence-electron chi connectivity index (χ3n) is 3.81. The molecule has 3 rings (SSSR count). The zero-order chi connectivity index (χ0) is 18.5. The largest absolute Gasteiger partial charge is 0.496 e. The number of ether oxygens (including phenoxy) is 2. The van der Waals surface area contributed by atoms with Gasteiger partial charge in [-0.05, 0) is 24.5 Å². The maximum absolute atomic E-state index is 12.1. The van der Waals surface area contributed by atoms with Gasteiger partial charge in [-0.2, -0.15) is 9.61 Å². The summed E-state index contributed by atoms with van der Waals surface area (Å²) in [5, 5.41) is 5.02. The third-order valence-corrected chi connectivity index (χ3v) is 4.87. The Bertz CT molecular complexity index is 980. The van der Waals surface area contributed by atoms with Crippen LogP contribution in [0.15, 0.2) is 35.1 Å². The van der Waals surface area contributed by atoms with Gasteiger partial charge in [-0.1, -0.05) is 36.5 Å². The predicted molar refractivity (Wildman–Crippen MR) is 97.6 cm³/mol. The van der Waals surface area contributed by atoms with Crippen molar-refractivity contribution in [2.24, 2.45) is 0 Å². The minimum absolute atomic E-state index is 0.0319. The summed E-state index contributed by atoms with van der Waals surface area (Å²) in [5.74, 6) is 0.397. The number of hydrogen-bond donors (Lipinski definition) is 0. The molecule has 0 radical (unpaired) electrons. The molecule has 2 heterocycles. The van der Waals surface area contributed by atoms with Crippen LogP contribution in [0.1, 0.15) is 29.6 Å². The number of methoxy groups -OCH3 is 1. The van der Waals surface area contributed by atoms with Gasteiger partial charge in [-0.25, -0.2) is 4.98 Å². The highest BCUT2D eigenvalue weighted by molar-refractivity contribution is 7.16. The normalized spacial score (nSPS) is 10.8. The van der Waals surface area contributed by atoms with Gasteiger partial charge in [-0.3, -0.25) is 9.59 Å². The zero-order valence-electron chi connectivity index (χ0n) is 14.6. The monoisotopic (exact) mass is 373 g/mol. The Morgan fingerprint density at radius 2 is 2.12 bits per heavy atom. The minimum Gasteiger partial charge on any atom is -0.496 e. The van der Waals surface area contributed by atoms with E-state index < -0.39 is 0 Å². The van der Waals surface area contributed by atoms with Crippen molar-refractivity contribution >= 4 is 22.3 Å². The van der Waals surface area contributed by atoms with Crippen molar-refractivity contribution in [1.82, 2.24) is 14.6 Å². The highest BCUT2D eigenvalue weighted by Crippen LogP contribution is 2.19. The standard InChI is InChI=1S/C18H19N3O4S/c1-3-15-20-21-16(22)10-13(19-18(21)26-15)11-25-17(23)9-8-12-6-4-5-7-14(12)24-2/h4-7,10H,3,8-9,11H2,1-2H3. The lowest BCUT2D eigenvalue weighted by molar-refractivity contribution is -0.145. The van der Waals surface area contributed by atoms with Gasteiger partial charge in [-0.15, -0.1) is 0 Å². The number of para-hydroxylation sites is 1. The number of hydrogen-bond acceptors (Lipinski definition) is 7. The number of fused-ring (bicyclic) bond motifs is 1. The van der Waals surface area contributed by atoms with Crippen molar-refractivity contribution in [1.29, 1.82) is 0 Å². The molecule has 0 atom stereocenters. The average Bonchev–Trinajstić information content (AvgIpc) is 3.09. The molecule has 3 aromatic rings. The molecule has 0 spiro atoms. The molecule has 0 saturated heterocycles. The maximum Gasteiger partial charge on any atom is 0.306 e. The first kappa shape index (κ1) is 18.1. The molecular weight excluding hydrogens is 354 g/mol. The molecule has 1 aromatic carbocycles. The lowest BCUT2D eigenvalue weighted by atomic mass is 10.1. The number of carbonyl (C=O) groups is 1. The van der Waals surface area contributed by atoms with Crippen molar-refractivity contribution < 1.29 is 14.3 Å². The number of aromatic nitrogens is 3. The van der Waals surface area contributed by atoms with Gasteiger partial charge in [0, 0.05) is 12.5 Å². The van der Waals surface area contributed by atoms with Crippen LogP contribution in [0.2, 0.25) is 0 Å². The van der Waals surface area contributed by atoms with Gasteiger partial charge >= 0.3 is 5.97 Å². The van der Waals surface area contributed by atoms with Gasteiger partial charge in [0.25, 0.3) is 5.56 Å². The molecule has 0 aliphatic heterocycles. The van der Waals surface area contributed by atoms with E-state index in [1.165, 1.54) is 21.9 Å². The first-order valence-corrected chi connectivity index (χ1v) is 9.08. The van der Waals surface area contributed by atoms with Gasteiger partial charge in [0.2, 0.25) is 4.96 Å². The molecule has 0 fully saturated rings. The van der Waals surface area contributed by atoms with Crippen LogP contribution in [-0.2, 0) is 29.0 Å². The van der Waals surface area contributed by atoms with Crippen molar-refractivity contribution in [2.75, 3.05) is 7.11 Å². The van der Waals surface area contributed by atoms with Crippen molar-refractivity contribution in [3.05, 3.63) is 57.0 Å². The van der Waals surface area contributed by atoms with Gasteiger partial charge in [0.15, 0.2) is 0 Å². The Morgan fingerprint density at radius 3 is 2.88 bits per heavy atom. The molecule has 0 amide bonds. The molecule has 2 aromatic heterocycles. The Kier molecular flexibility index (Phi) is 5.62. The quantitative estimate of drug-likeness (QED) is 0.592. The molecule has 8 heteroatoms. The van der Waals surface area contributed by atoms with E-state index in [0.29, 0.717) is 17.1 Å². The van der Waals surface area contributed by atoms with E-state index in [0.717, 1.165) is 22.7 Å². The Morgan fingerprint density at radius 1 is 1.31 bits per heavy atom. The summed E-state index contributed by atoms with van der Waals surface area (Å²) < 4.78 is 11.8. The zero-order valence-corrected chi connectivity index (χ0v) is 15.4. The molecule has 0 N–H and O–H groups in total. The van der Waals surface area contributed by atoms with Gasteiger partial charge < -0.3 is 9.47 Å². The summed E-state index contributed by atoms with van der Waals surface area (Å²) in [6, 6.07) is 8.89. The summed E-state index contributed by atoms with van der Waals surface area (Å²) in [6.45, 7) is 1.93. The predicted octanol–water partition coefficient (Wildman–Crippen LogP) is 2.40. The Balaban J connectivity index is 1.60. The van der Waals surface area contributed by atoms with E-state index in [1.54, 1.807) is 7.11 Å². The summed E-state index contributed by atoms with van der Waals surface area (Å²) >= 11 is 1.36. The number of rotatable bonds is 7. The van der Waals surface area contributed by atoms with E-state index in [-0.39, 0.29) is 24.6 Å². The van der Waals surface area contributed by atoms with Crippen LogP contribution in [0, 0.1) is 0 Å². The third kappa shape index (κ3) is 4.08. The van der Waals surface area contributed by atoms with Crippen LogP contribution in [0.3, 0.4) is 0 Å². The first-order chi connectivity index (χ1) is 12.6. The second kappa shape index (κ2) is 8.09. The van der Waals surface area contributed by atoms with E-state index >= 15 is 0 Å². The highest BCUT2D eigenvalue weighted by atomic mass is 32.1. The van der Waals surface area contributed by atoms with Crippen molar-refractivity contribution in [3.8, 4) is 5.75 Å². The second-order valence-electron chi connectivity index (χ2n) is 5.60. The molecule has 0 saturated carbocycles. The number of nitrogens with zero attached hydrogens (tertiary/aromatic N) is 3. The van der Waals surface area contributed by atoms with E-state index in [2.05, 4.69) is 10.1 Å². The fraction of sp³-hybridized carbons (Fsp3) is 0.333. The topological polar surface area (TPSA) is 82.8 Å². The Labute approximate surface area is 154 Å². The summed E-state index contributed by atoms with van der Waals surface area (Å²) in [5.41, 5.74) is 1.10. The summed E-state index contributed by atoms with van der Waals surface area (Å²) in [4.78, 5) is 28.9. The average molecular weight is 373 g/mol. The number of carbonyl (C=O) groups excluding carboxylic acids is 1. The van der Waals surface area contributed by atoms with Crippen LogP contribution < -0.4 is 10.3 Å². The van der Waals surface area contributed by atoms with E-state index in [4.69, 9.17) is 9.47 Å². The van der Waals surface area contributed by atoms with Crippen LogP contribution in [0.4, 0.5) is 0 Å². The lowest BCUT2D eigenvalue weighted by Crippen LogP contribution is -2.16. The molecule has 0 aliphatic rings. The van der Waals surface area contributed by atoms with E-state index in [1.807, 2.05) is 31.2 Å². The fourth-order valence-corrected chi connectivity index (χ4v) is 3.34. The van der Waals surface area contributed by atoms with Gasteiger partial charge in [0.1, 0.15) is 17.4 Å². The maximum atomic E-state index is 12.1. The number of esters is 1. The number of aryl methyl sites for hydroxylation is 2. The van der Waals surface area contributed by atoms with Crippen LogP contribution in [-0.4, -0.2) is 27.7 Å². The van der Waals surface area contributed by atoms with Crippen LogP contribution >= 0.6 is 11.3 Å². The summed E-state index contributed by atoms with van der Waals surface area (Å²) in [6.07, 6.45) is 1.48. The second-order valence-corrected chi connectivity index (χ2v) is 6.64. The van der Waals surface area contributed by atoms with Crippen molar-refractivity contribution in [3.63, 3.8) is 0 Å². The minimum atomic E-state index is -0.351. The van der Waals surface area contributed by atoms with Crippen LogP contribution in [0.25, 0.3) is 4.96 Å². The molecule has 26 heavy (non-hydrogen) atoms. The highest BCUT2D eigenvalue weighted by Gasteiger charge is 2.11. The first-order valence-electron chi connectivity index (χ1n) is 8.27. The fourth-order valence-electron chi connectivity index (χ4n) is 2.49. The van der Waals surface area contributed by atoms with Gasteiger partial charge in [0.05, 0.1) is 12.8 Å². The molecule has 136 valence electrons. The molecule has 0 aliphatic carbocycles. The number of benzene rings is 1. The molecule has 7 nitrogen and oxygen atoms in total. The van der Waals surface area contributed by atoms with E-state index in [9.17, 15) is 9.59 Å². The van der Waals surface area contributed by atoms with Crippen molar-refractivity contribution in [2.45, 2.75) is 32.8 Å². The molecule has 0 unspecified atom stereocenters. The Hall–Kier alpha value is -2.74. The summed E-state index contributed by atoms with van der Waals surface area (Å²) in [7, 11) is 1.60. The lowest BCUT2D eigenvalue weighted by Gasteiger charge is -2.08. The molecular formula is C18H19N3O4S. The molecule has 0 bridgehead atoms. The smallest absolute Gasteiger partial charge is 0.306 e. The van der Waals surface area contributed by atoms with Crippen LogP contribution in [0.5, 0.6) is 5.75 Å².